The smallest absolute Gasteiger partial charge is 0.122 e. The van der Waals surface area contributed by atoms with Gasteiger partial charge in [-0.2, -0.15) is 0 Å². The molecule has 1 aromatic carbocycles. The minimum Gasteiger partial charge on any atom is -0.507 e. The number of para-hydroxylation sites is 1. The molecule has 1 aromatic rings. The normalized spacial score (nSPS) is 11.4. The minimum atomic E-state index is 0.437. The molecule has 0 bridgehead atoms. The molecule has 0 aliphatic heterocycles. The zero-order valence-electron chi connectivity index (χ0n) is 11.4. The van der Waals surface area contributed by atoms with Gasteiger partial charge >= 0.3 is 0 Å². The lowest BCUT2D eigenvalue weighted by Gasteiger charge is -2.19. The molecule has 0 spiro atoms. The van der Waals surface area contributed by atoms with Crippen LogP contribution in [-0.4, -0.2) is 49.1 Å². The number of aromatic hydroxyl groups is 1. The van der Waals surface area contributed by atoms with Gasteiger partial charge in [-0.05, 0) is 53.1 Å². The number of phenolic OH excluding ortho intramolecular Hbond substituents is 1. The number of benzene rings is 1. The number of hydrogen-bond donors (Lipinski definition) is 1. The van der Waals surface area contributed by atoms with E-state index >= 15 is 0 Å². The van der Waals surface area contributed by atoms with Gasteiger partial charge in [0.15, 0.2) is 0 Å². The van der Waals surface area contributed by atoms with Gasteiger partial charge in [0.2, 0.25) is 0 Å². The third kappa shape index (κ3) is 4.75. The Bertz CT molecular complexity index is 350. The lowest BCUT2D eigenvalue weighted by molar-refractivity contribution is 0.290. The Kier molecular flexibility index (Phi) is 5.45. The van der Waals surface area contributed by atoms with Gasteiger partial charge in [-0.25, -0.2) is 0 Å². The quantitative estimate of drug-likeness (QED) is 0.819. The van der Waals surface area contributed by atoms with Gasteiger partial charge < -0.3 is 14.9 Å². The van der Waals surface area contributed by atoms with Crippen molar-refractivity contribution in [3.63, 3.8) is 0 Å². The zero-order valence-corrected chi connectivity index (χ0v) is 11.4. The second-order valence-electron chi connectivity index (χ2n) is 4.98. The fourth-order valence-electron chi connectivity index (χ4n) is 1.87. The Morgan fingerprint density at radius 1 is 1.12 bits per heavy atom. The topological polar surface area (TPSA) is 26.7 Å². The van der Waals surface area contributed by atoms with Gasteiger partial charge in [-0.15, -0.1) is 0 Å². The SMILES string of the molecule is Cc1cccc(CN(C)CCCN(C)C)c1O. The lowest BCUT2D eigenvalue weighted by atomic mass is 10.1. The summed E-state index contributed by atoms with van der Waals surface area (Å²) in [6, 6.07) is 5.92. The molecule has 96 valence electrons. The van der Waals surface area contributed by atoms with Crippen LogP contribution in [0.5, 0.6) is 5.75 Å². The van der Waals surface area contributed by atoms with Crippen molar-refractivity contribution in [2.24, 2.45) is 0 Å². The van der Waals surface area contributed by atoms with Crippen LogP contribution >= 0.6 is 0 Å². The first-order valence-corrected chi connectivity index (χ1v) is 6.11. The molecule has 0 aliphatic carbocycles. The standard InChI is InChI=1S/C14H24N2O/c1-12-7-5-8-13(14(12)17)11-16(4)10-6-9-15(2)3/h5,7-8,17H,6,9-11H2,1-4H3. The Labute approximate surface area is 105 Å². The maximum atomic E-state index is 9.93. The summed E-state index contributed by atoms with van der Waals surface area (Å²) in [5, 5.41) is 9.93. The molecule has 0 atom stereocenters. The summed E-state index contributed by atoms with van der Waals surface area (Å²) in [7, 11) is 6.27. The van der Waals surface area contributed by atoms with Crippen molar-refractivity contribution in [1.29, 1.82) is 0 Å². The van der Waals surface area contributed by atoms with Crippen LogP contribution < -0.4 is 0 Å². The van der Waals surface area contributed by atoms with Crippen LogP contribution in [0.3, 0.4) is 0 Å². The highest BCUT2D eigenvalue weighted by molar-refractivity contribution is 5.39. The maximum absolute atomic E-state index is 9.93. The summed E-state index contributed by atoms with van der Waals surface area (Å²) in [6.45, 7) is 4.89. The summed E-state index contributed by atoms with van der Waals surface area (Å²) in [5.74, 6) is 0.437. The summed E-state index contributed by atoms with van der Waals surface area (Å²) in [4.78, 5) is 4.44. The van der Waals surface area contributed by atoms with E-state index in [9.17, 15) is 5.11 Å². The second kappa shape index (κ2) is 6.62. The van der Waals surface area contributed by atoms with E-state index in [0.29, 0.717) is 5.75 Å². The summed E-state index contributed by atoms with van der Waals surface area (Å²) in [5.41, 5.74) is 1.96. The molecule has 0 radical (unpaired) electrons. The maximum Gasteiger partial charge on any atom is 0.122 e. The van der Waals surface area contributed by atoms with E-state index < -0.39 is 0 Å². The van der Waals surface area contributed by atoms with Gasteiger partial charge in [0.25, 0.3) is 0 Å². The molecule has 0 saturated heterocycles. The Morgan fingerprint density at radius 2 is 1.82 bits per heavy atom. The van der Waals surface area contributed by atoms with E-state index in [1.54, 1.807) is 0 Å². The van der Waals surface area contributed by atoms with Crippen molar-refractivity contribution in [1.82, 2.24) is 9.80 Å². The van der Waals surface area contributed by atoms with Gasteiger partial charge in [0, 0.05) is 12.1 Å². The van der Waals surface area contributed by atoms with Crippen LogP contribution in [-0.2, 0) is 6.54 Å². The van der Waals surface area contributed by atoms with E-state index in [-0.39, 0.29) is 0 Å². The highest BCUT2D eigenvalue weighted by Crippen LogP contribution is 2.22. The number of aryl methyl sites for hydroxylation is 1. The van der Waals surface area contributed by atoms with Crippen LogP contribution in [0.1, 0.15) is 17.5 Å². The fraction of sp³-hybridized carbons (Fsp3) is 0.571. The molecule has 0 heterocycles. The van der Waals surface area contributed by atoms with E-state index in [1.807, 2.05) is 25.1 Å². The minimum absolute atomic E-state index is 0.437. The van der Waals surface area contributed by atoms with Crippen LogP contribution in [0, 0.1) is 6.92 Å². The van der Waals surface area contributed by atoms with Gasteiger partial charge in [-0.1, -0.05) is 18.2 Å². The first-order valence-electron chi connectivity index (χ1n) is 6.11. The Hall–Kier alpha value is -1.06. The van der Waals surface area contributed by atoms with Crippen molar-refractivity contribution in [3.05, 3.63) is 29.3 Å². The molecule has 0 unspecified atom stereocenters. The predicted molar refractivity (Wildman–Crippen MR) is 72.3 cm³/mol. The zero-order chi connectivity index (χ0) is 12.8. The molecule has 17 heavy (non-hydrogen) atoms. The number of hydrogen-bond acceptors (Lipinski definition) is 3. The lowest BCUT2D eigenvalue weighted by Crippen LogP contribution is -2.23. The average molecular weight is 236 g/mol. The van der Waals surface area contributed by atoms with Gasteiger partial charge in [-0.3, -0.25) is 0 Å². The predicted octanol–water partition coefficient (Wildman–Crippen LogP) is 2.08. The van der Waals surface area contributed by atoms with E-state index in [2.05, 4.69) is 30.9 Å². The molecule has 1 N–H and O–H groups in total. The van der Waals surface area contributed by atoms with Crippen molar-refractivity contribution < 1.29 is 5.11 Å². The molecular formula is C14H24N2O. The van der Waals surface area contributed by atoms with Crippen molar-refractivity contribution >= 4 is 0 Å². The summed E-state index contributed by atoms with van der Waals surface area (Å²) < 4.78 is 0. The first kappa shape index (κ1) is 14.0. The first-order chi connectivity index (χ1) is 8.00. The molecule has 1 rings (SSSR count). The molecular weight excluding hydrogens is 212 g/mol. The van der Waals surface area contributed by atoms with Crippen molar-refractivity contribution in [3.8, 4) is 5.75 Å². The fourth-order valence-corrected chi connectivity index (χ4v) is 1.87. The second-order valence-corrected chi connectivity index (χ2v) is 4.98. The molecule has 3 nitrogen and oxygen atoms in total. The largest absolute Gasteiger partial charge is 0.507 e. The molecule has 0 aliphatic rings. The van der Waals surface area contributed by atoms with Gasteiger partial charge in [0.1, 0.15) is 5.75 Å². The highest BCUT2D eigenvalue weighted by atomic mass is 16.3. The van der Waals surface area contributed by atoms with E-state index in [1.165, 1.54) is 0 Å². The molecule has 3 heteroatoms. The Morgan fingerprint density at radius 3 is 2.47 bits per heavy atom. The van der Waals surface area contributed by atoms with Crippen LogP contribution in [0.25, 0.3) is 0 Å². The van der Waals surface area contributed by atoms with Gasteiger partial charge in [0.05, 0.1) is 0 Å². The molecule has 0 saturated carbocycles. The number of rotatable bonds is 6. The Balaban J connectivity index is 2.45. The highest BCUT2D eigenvalue weighted by Gasteiger charge is 2.06. The van der Waals surface area contributed by atoms with Crippen LogP contribution in [0.2, 0.25) is 0 Å². The van der Waals surface area contributed by atoms with Crippen LogP contribution in [0.4, 0.5) is 0 Å². The average Bonchev–Trinajstić information content (AvgIpc) is 2.24. The van der Waals surface area contributed by atoms with Crippen LogP contribution in [0.15, 0.2) is 18.2 Å². The molecule has 0 fully saturated rings. The summed E-state index contributed by atoms with van der Waals surface area (Å²) in [6.07, 6.45) is 1.15. The number of phenols is 1. The van der Waals surface area contributed by atoms with Crippen molar-refractivity contribution in [2.75, 3.05) is 34.2 Å². The van der Waals surface area contributed by atoms with Crippen molar-refractivity contribution in [2.45, 2.75) is 19.9 Å². The third-order valence-corrected chi connectivity index (χ3v) is 2.91. The van der Waals surface area contributed by atoms with E-state index in [4.69, 9.17) is 0 Å². The summed E-state index contributed by atoms with van der Waals surface area (Å²) >= 11 is 0. The third-order valence-electron chi connectivity index (χ3n) is 2.91. The number of nitrogens with zero attached hydrogens (tertiary/aromatic N) is 2. The monoisotopic (exact) mass is 236 g/mol. The van der Waals surface area contributed by atoms with E-state index in [0.717, 1.165) is 37.2 Å². The molecule has 0 amide bonds. The molecule has 0 aromatic heterocycles.